The maximum atomic E-state index is 10.3. The molecule has 0 fully saturated rings. The molecule has 84 valence electrons. The van der Waals surface area contributed by atoms with E-state index in [1.54, 1.807) is 12.5 Å². The van der Waals surface area contributed by atoms with Crippen LogP contribution in [0.1, 0.15) is 39.5 Å². The topological polar surface area (TPSA) is 43.4 Å². The van der Waals surface area contributed by atoms with Crippen LogP contribution in [-0.4, -0.2) is 12.6 Å². The standard InChI is InChI=1S/C12H18O3/c1-3-11(5-7-13)9-15-10-12(4-2)6-8-14/h7-10H,3-6H2,1-2H3. The Bertz CT molecular complexity index is 226. The lowest BCUT2D eigenvalue weighted by molar-refractivity contribution is -0.108. The van der Waals surface area contributed by atoms with E-state index in [2.05, 4.69) is 0 Å². The Morgan fingerprint density at radius 3 is 1.60 bits per heavy atom. The van der Waals surface area contributed by atoms with Crippen LogP contribution in [0.5, 0.6) is 0 Å². The normalized spacial score (nSPS) is 12.4. The number of carbonyl (C=O) groups is 2. The highest BCUT2D eigenvalue weighted by atomic mass is 16.5. The van der Waals surface area contributed by atoms with Gasteiger partial charge in [0.15, 0.2) is 0 Å². The van der Waals surface area contributed by atoms with Crippen LogP contribution in [0.4, 0.5) is 0 Å². The van der Waals surface area contributed by atoms with E-state index in [1.165, 1.54) is 0 Å². The molecule has 0 amide bonds. The number of ether oxygens (including phenoxy) is 1. The van der Waals surface area contributed by atoms with Crippen LogP contribution in [-0.2, 0) is 14.3 Å². The van der Waals surface area contributed by atoms with Crippen molar-refractivity contribution in [1.82, 2.24) is 0 Å². The SMILES string of the molecule is CCC(=COC=C(CC)CC=O)CC=O. The molecular weight excluding hydrogens is 192 g/mol. The van der Waals surface area contributed by atoms with Crippen LogP contribution in [0, 0.1) is 0 Å². The number of hydrogen-bond acceptors (Lipinski definition) is 3. The molecule has 0 N–H and O–H groups in total. The molecule has 0 aliphatic carbocycles. The molecule has 0 saturated carbocycles. The first-order chi connectivity index (χ1) is 7.28. The monoisotopic (exact) mass is 210 g/mol. The molecule has 15 heavy (non-hydrogen) atoms. The molecular formula is C12H18O3. The molecule has 0 aliphatic heterocycles. The van der Waals surface area contributed by atoms with E-state index in [1.807, 2.05) is 13.8 Å². The van der Waals surface area contributed by atoms with Crippen molar-refractivity contribution in [2.24, 2.45) is 0 Å². The number of aldehydes is 2. The van der Waals surface area contributed by atoms with Crippen molar-refractivity contribution in [3.8, 4) is 0 Å². The average molecular weight is 210 g/mol. The van der Waals surface area contributed by atoms with Gasteiger partial charge in [-0.2, -0.15) is 0 Å². The van der Waals surface area contributed by atoms with E-state index in [0.29, 0.717) is 12.8 Å². The van der Waals surface area contributed by atoms with Crippen molar-refractivity contribution in [3.05, 3.63) is 23.7 Å². The highest BCUT2D eigenvalue weighted by Gasteiger charge is 1.94. The van der Waals surface area contributed by atoms with Crippen LogP contribution in [0.25, 0.3) is 0 Å². The van der Waals surface area contributed by atoms with Gasteiger partial charge in [-0.1, -0.05) is 13.8 Å². The van der Waals surface area contributed by atoms with Crippen molar-refractivity contribution in [3.63, 3.8) is 0 Å². The van der Waals surface area contributed by atoms with E-state index in [-0.39, 0.29) is 0 Å². The van der Waals surface area contributed by atoms with Crippen LogP contribution in [0.3, 0.4) is 0 Å². The Hall–Kier alpha value is -1.38. The molecule has 0 saturated heterocycles. The second-order valence-corrected chi connectivity index (χ2v) is 3.14. The van der Waals surface area contributed by atoms with Crippen LogP contribution >= 0.6 is 0 Å². The zero-order chi connectivity index (χ0) is 11.5. The Kier molecular flexibility index (Phi) is 8.34. The minimum absolute atomic E-state index is 0.402. The molecule has 0 spiro atoms. The van der Waals surface area contributed by atoms with Gasteiger partial charge in [0, 0.05) is 12.8 Å². The van der Waals surface area contributed by atoms with Crippen LogP contribution in [0.2, 0.25) is 0 Å². The fraction of sp³-hybridized carbons (Fsp3) is 0.500. The summed E-state index contributed by atoms with van der Waals surface area (Å²) in [6, 6.07) is 0. The summed E-state index contributed by atoms with van der Waals surface area (Å²) in [7, 11) is 0. The van der Waals surface area contributed by atoms with E-state index in [0.717, 1.165) is 36.6 Å². The van der Waals surface area contributed by atoms with Gasteiger partial charge in [-0.05, 0) is 24.0 Å². The van der Waals surface area contributed by atoms with Gasteiger partial charge < -0.3 is 14.3 Å². The zero-order valence-corrected chi connectivity index (χ0v) is 9.36. The molecule has 0 bridgehead atoms. The quantitative estimate of drug-likeness (QED) is 0.457. The third-order valence-corrected chi connectivity index (χ3v) is 2.07. The van der Waals surface area contributed by atoms with Crippen molar-refractivity contribution in [1.29, 1.82) is 0 Å². The van der Waals surface area contributed by atoms with Crippen LogP contribution in [0.15, 0.2) is 23.7 Å². The van der Waals surface area contributed by atoms with Gasteiger partial charge in [-0.3, -0.25) is 0 Å². The molecule has 0 atom stereocenters. The Balaban J connectivity index is 4.20. The first kappa shape index (κ1) is 13.6. The Morgan fingerprint density at radius 2 is 1.33 bits per heavy atom. The molecule has 0 aromatic rings. The molecule has 0 radical (unpaired) electrons. The minimum Gasteiger partial charge on any atom is -0.473 e. The summed E-state index contributed by atoms with van der Waals surface area (Å²) in [6.45, 7) is 3.93. The summed E-state index contributed by atoms with van der Waals surface area (Å²) in [5.74, 6) is 0. The number of carbonyl (C=O) groups excluding carboxylic acids is 2. The molecule has 0 aromatic carbocycles. The number of hydrogen-bond donors (Lipinski definition) is 0. The second kappa shape index (κ2) is 9.19. The van der Waals surface area contributed by atoms with Gasteiger partial charge in [0.2, 0.25) is 0 Å². The van der Waals surface area contributed by atoms with E-state index < -0.39 is 0 Å². The van der Waals surface area contributed by atoms with Gasteiger partial charge in [0.25, 0.3) is 0 Å². The van der Waals surface area contributed by atoms with Gasteiger partial charge in [0.05, 0.1) is 12.5 Å². The summed E-state index contributed by atoms with van der Waals surface area (Å²) in [5, 5.41) is 0. The maximum absolute atomic E-state index is 10.3. The van der Waals surface area contributed by atoms with E-state index >= 15 is 0 Å². The smallest absolute Gasteiger partial charge is 0.124 e. The molecule has 0 unspecified atom stereocenters. The summed E-state index contributed by atoms with van der Waals surface area (Å²) >= 11 is 0. The van der Waals surface area contributed by atoms with Gasteiger partial charge in [0.1, 0.15) is 12.6 Å². The van der Waals surface area contributed by atoms with Crippen LogP contribution < -0.4 is 0 Å². The highest BCUT2D eigenvalue weighted by molar-refractivity contribution is 5.54. The summed E-state index contributed by atoms with van der Waals surface area (Å²) in [5.41, 5.74) is 1.89. The van der Waals surface area contributed by atoms with Gasteiger partial charge >= 0.3 is 0 Å². The largest absolute Gasteiger partial charge is 0.473 e. The lowest BCUT2D eigenvalue weighted by atomic mass is 10.2. The molecule has 3 heteroatoms. The first-order valence-corrected chi connectivity index (χ1v) is 5.17. The number of rotatable bonds is 8. The van der Waals surface area contributed by atoms with E-state index in [4.69, 9.17) is 4.74 Å². The van der Waals surface area contributed by atoms with Gasteiger partial charge in [-0.15, -0.1) is 0 Å². The summed E-state index contributed by atoms with van der Waals surface area (Å²) in [6.07, 6.45) is 7.26. The summed E-state index contributed by atoms with van der Waals surface area (Å²) < 4.78 is 5.20. The van der Waals surface area contributed by atoms with Crippen molar-refractivity contribution in [2.45, 2.75) is 39.5 Å². The minimum atomic E-state index is 0.402. The highest BCUT2D eigenvalue weighted by Crippen LogP contribution is 2.08. The second-order valence-electron chi connectivity index (χ2n) is 3.14. The fourth-order valence-electron chi connectivity index (χ4n) is 0.992. The molecule has 3 nitrogen and oxygen atoms in total. The third kappa shape index (κ3) is 6.66. The predicted octanol–water partition coefficient (Wildman–Crippen LogP) is 2.77. The maximum Gasteiger partial charge on any atom is 0.124 e. The molecule has 0 aliphatic rings. The Labute approximate surface area is 90.8 Å². The molecule has 0 aromatic heterocycles. The average Bonchev–Trinajstić information content (AvgIpc) is 2.26. The lowest BCUT2D eigenvalue weighted by Crippen LogP contribution is -1.86. The molecule has 0 heterocycles. The number of allylic oxidation sites excluding steroid dienone is 2. The van der Waals surface area contributed by atoms with Crippen molar-refractivity contribution < 1.29 is 14.3 Å². The van der Waals surface area contributed by atoms with Crippen molar-refractivity contribution in [2.75, 3.05) is 0 Å². The van der Waals surface area contributed by atoms with Crippen molar-refractivity contribution >= 4 is 12.6 Å². The predicted molar refractivity (Wildman–Crippen MR) is 59.2 cm³/mol. The third-order valence-electron chi connectivity index (χ3n) is 2.07. The molecule has 0 rings (SSSR count). The van der Waals surface area contributed by atoms with E-state index in [9.17, 15) is 9.59 Å². The summed E-state index contributed by atoms with van der Waals surface area (Å²) in [4.78, 5) is 20.5. The first-order valence-electron chi connectivity index (χ1n) is 5.17. The van der Waals surface area contributed by atoms with Gasteiger partial charge in [-0.25, -0.2) is 0 Å². The lowest BCUT2D eigenvalue weighted by Gasteiger charge is -2.01. The Morgan fingerprint density at radius 1 is 0.933 bits per heavy atom. The fourth-order valence-corrected chi connectivity index (χ4v) is 0.992. The zero-order valence-electron chi connectivity index (χ0n) is 9.36.